The largest absolute Gasteiger partial charge is 0.299 e. The van der Waals surface area contributed by atoms with E-state index < -0.39 is 0 Å². The number of imidazole rings is 1. The molecule has 0 bridgehead atoms. The van der Waals surface area contributed by atoms with Gasteiger partial charge in [0.1, 0.15) is 11.3 Å². The Morgan fingerprint density at radius 3 is 2.33 bits per heavy atom. The summed E-state index contributed by atoms with van der Waals surface area (Å²) >= 11 is 5.92. The summed E-state index contributed by atoms with van der Waals surface area (Å²) < 4.78 is 1.94. The summed E-state index contributed by atoms with van der Waals surface area (Å²) in [5, 5.41) is 0.602. The lowest BCUT2D eigenvalue weighted by atomic mass is 10.0. The van der Waals surface area contributed by atoms with Crippen molar-refractivity contribution in [1.29, 1.82) is 0 Å². The van der Waals surface area contributed by atoms with Gasteiger partial charge in [0.15, 0.2) is 0 Å². The van der Waals surface area contributed by atoms with Crippen LogP contribution >= 0.6 is 11.6 Å². The first-order valence-electron chi connectivity index (χ1n) is 7.57. The molecule has 0 aliphatic carbocycles. The SMILES string of the molecule is O=C(c1ccc(Cl)cc1)c1nc2ccccn2c1-c1ccccc1. The van der Waals surface area contributed by atoms with Gasteiger partial charge in [-0.3, -0.25) is 9.20 Å². The molecule has 4 aromatic rings. The summed E-state index contributed by atoms with van der Waals surface area (Å²) in [6.45, 7) is 0. The monoisotopic (exact) mass is 332 g/mol. The van der Waals surface area contributed by atoms with Crippen molar-refractivity contribution in [2.45, 2.75) is 0 Å². The van der Waals surface area contributed by atoms with Gasteiger partial charge in [0.25, 0.3) is 0 Å². The number of carbonyl (C=O) groups excluding carboxylic acids is 1. The van der Waals surface area contributed by atoms with E-state index in [-0.39, 0.29) is 5.78 Å². The molecular formula is C20H13ClN2O. The standard InChI is InChI=1S/C20H13ClN2O/c21-16-11-9-15(10-12-16)20(24)18-19(14-6-2-1-3-7-14)23-13-5-4-8-17(23)22-18/h1-13H. The summed E-state index contributed by atoms with van der Waals surface area (Å²) in [5.41, 5.74) is 3.50. The van der Waals surface area contributed by atoms with Crippen molar-refractivity contribution in [3.63, 3.8) is 0 Å². The summed E-state index contributed by atoms with van der Waals surface area (Å²) in [6, 6.07) is 22.4. The highest BCUT2D eigenvalue weighted by atomic mass is 35.5. The van der Waals surface area contributed by atoms with E-state index in [0.717, 1.165) is 16.9 Å². The van der Waals surface area contributed by atoms with Crippen LogP contribution in [0.25, 0.3) is 16.9 Å². The molecule has 0 saturated carbocycles. The van der Waals surface area contributed by atoms with Crippen LogP contribution in [-0.2, 0) is 0 Å². The normalized spacial score (nSPS) is 10.9. The van der Waals surface area contributed by atoms with E-state index >= 15 is 0 Å². The molecule has 0 radical (unpaired) electrons. The van der Waals surface area contributed by atoms with Crippen LogP contribution in [0.1, 0.15) is 16.1 Å². The van der Waals surface area contributed by atoms with Gasteiger partial charge in [-0.05, 0) is 36.4 Å². The predicted molar refractivity (Wildman–Crippen MR) is 95.5 cm³/mol. The molecule has 0 unspecified atom stereocenters. The van der Waals surface area contributed by atoms with Gasteiger partial charge in [0, 0.05) is 22.3 Å². The molecule has 4 rings (SSSR count). The molecule has 2 aromatic heterocycles. The molecule has 0 spiro atoms. The summed E-state index contributed by atoms with van der Waals surface area (Å²) in [7, 11) is 0. The third-order valence-electron chi connectivity index (χ3n) is 3.90. The van der Waals surface area contributed by atoms with Crippen LogP contribution in [0.4, 0.5) is 0 Å². The maximum Gasteiger partial charge on any atom is 0.213 e. The number of benzene rings is 2. The van der Waals surface area contributed by atoms with E-state index in [4.69, 9.17) is 11.6 Å². The fourth-order valence-corrected chi connectivity index (χ4v) is 2.89. The van der Waals surface area contributed by atoms with Gasteiger partial charge in [0.2, 0.25) is 5.78 Å². The van der Waals surface area contributed by atoms with Crippen LogP contribution in [0.5, 0.6) is 0 Å². The highest BCUT2D eigenvalue weighted by molar-refractivity contribution is 6.30. The van der Waals surface area contributed by atoms with Gasteiger partial charge in [-0.2, -0.15) is 0 Å². The van der Waals surface area contributed by atoms with E-state index in [1.807, 2.05) is 59.1 Å². The molecule has 0 N–H and O–H groups in total. The minimum atomic E-state index is -0.116. The zero-order valence-electron chi connectivity index (χ0n) is 12.7. The number of nitrogens with zero attached hydrogens (tertiary/aromatic N) is 2. The van der Waals surface area contributed by atoms with Crippen molar-refractivity contribution in [2.75, 3.05) is 0 Å². The fraction of sp³-hybridized carbons (Fsp3) is 0. The van der Waals surface area contributed by atoms with Crippen LogP contribution in [-0.4, -0.2) is 15.2 Å². The summed E-state index contributed by atoms with van der Waals surface area (Å²) in [6.07, 6.45) is 1.92. The Kier molecular flexibility index (Phi) is 3.63. The van der Waals surface area contributed by atoms with Gasteiger partial charge in [-0.1, -0.05) is 48.0 Å². The molecular weight excluding hydrogens is 320 g/mol. The minimum absolute atomic E-state index is 0.116. The molecule has 4 heteroatoms. The first kappa shape index (κ1) is 14.7. The third kappa shape index (κ3) is 2.49. The van der Waals surface area contributed by atoms with Crippen LogP contribution in [0, 0.1) is 0 Å². The van der Waals surface area contributed by atoms with Crippen LogP contribution in [0.3, 0.4) is 0 Å². The second kappa shape index (κ2) is 5.95. The fourth-order valence-electron chi connectivity index (χ4n) is 2.76. The van der Waals surface area contributed by atoms with Crippen molar-refractivity contribution in [3.05, 3.63) is 95.3 Å². The molecule has 2 aromatic carbocycles. The Balaban J connectivity index is 1.95. The van der Waals surface area contributed by atoms with Crippen LogP contribution < -0.4 is 0 Å². The lowest BCUT2D eigenvalue weighted by Crippen LogP contribution is -2.04. The number of hydrogen-bond acceptors (Lipinski definition) is 2. The highest BCUT2D eigenvalue weighted by Crippen LogP contribution is 2.27. The Morgan fingerprint density at radius 1 is 0.875 bits per heavy atom. The van der Waals surface area contributed by atoms with Crippen molar-refractivity contribution in [2.24, 2.45) is 0 Å². The Labute approximate surface area is 144 Å². The molecule has 24 heavy (non-hydrogen) atoms. The second-order valence-electron chi connectivity index (χ2n) is 5.44. The number of ketones is 1. The van der Waals surface area contributed by atoms with Crippen LogP contribution in [0.2, 0.25) is 5.02 Å². The molecule has 0 amide bonds. The van der Waals surface area contributed by atoms with Crippen molar-refractivity contribution in [3.8, 4) is 11.3 Å². The lowest BCUT2D eigenvalue weighted by Gasteiger charge is -2.05. The topological polar surface area (TPSA) is 34.4 Å². The van der Waals surface area contributed by atoms with Gasteiger partial charge in [0.05, 0.1) is 5.69 Å². The number of hydrogen-bond donors (Lipinski definition) is 0. The van der Waals surface area contributed by atoms with E-state index in [1.54, 1.807) is 24.3 Å². The number of halogens is 1. The molecule has 0 aliphatic heterocycles. The number of aromatic nitrogens is 2. The van der Waals surface area contributed by atoms with E-state index in [2.05, 4.69) is 4.98 Å². The highest BCUT2D eigenvalue weighted by Gasteiger charge is 2.21. The molecule has 0 aliphatic rings. The Morgan fingerprint density at radius 2 is 1.58 bits per heavy atom. The quantitative estimate of drug-likeness (QED) is 0.501. The van der Waals surface area contributed by atoms with Gasteiger partial charge in [-0.15, -0.1) is 0 Å². The number of rotatable bonds is 3. The molecule has 0 atom stereocenters. The van der Waals surface area contributed by atoms with Crippen molar-refractivity contribution in [1.82, 2.24) is 9.38 Å². The van der Waals surface area contributed by atoms with Gasteiger partial charge < -0.3 is 0 Å². The smallest absolute Gasteiger partial charge is 0.213 e. The number of fused-ring (bicyclic) bond motifs is 1. The maximum atomic E-state index is 13.0. The zero-order valence-corrected chi connectivity index (χ0v) is 13.4. The Bertz CT molecular complexity index is 1020. The lowest BCUT2D eigenvalue weighted by molar-refractivity contribution is 0.103. The van der Waals surface area contributed by atoms with E-state index in [1.165, 1.54) is 0 Å². The van der Waals surface area contributed by atoms with E-state index in [0.29, 0.717) is 16.3 Å². The number of pyridine rings is 1. The maximum absolute atomic E-state index is 13.0. The third-order valence-corrected chi connectivity index (χ3v) is 4.15. The molecule has 0 saturated heterocycles. The Hall–Kier alpha value is -2.91. The number of carbonyl (C=O) groups is 1. The summed E-state index contributed by atoms with van der Waals surface area (Å²) in [4.78, 5) is 17.6. The minimum Gasteiger partial charge on any atom is -0.299 e. The average molecular weight is 333 g/mol. The summed E-state index contributed by atoms with van der Waals surface area (Å²) in [5.74, 6) is -0.116. The van der Waals surface area contributed by atoms with Crippen molar-refractivity contribution < 1.29 is 4.79 Å². The molecule has 3 nitrogen and oxygen atoms in total. The zero-order chi connectivity index (χ0) is 16.5. The van der Waals surface area contributed by atoms with Crippen molar-refractivity contribution >= 4 is 23.0 Å². The average Bonchev–Trinajstić information content (AvgIpc) is 3.02. The van der Waals surface area contributed by atoms with Gasteiger partial charge >= 0.3 is 0 Å². The van der Waals surface area contributed by atoms with Crippen LogP contribution in [0.15, 0.2) is 79.0 Å². The van der Waals surface area contributed by atoms with Gasteiger partial charge in [-0.25, -0.2) is 4.98 Å². The molecule has 2 heterocycles. The van der Waals surface area contributed by atoms with E-state index in [9.17, 15) is 4.79 Å². The second-order valence-corrected chi connectivity index (χ2v) is 5.88. The first-order chi connectivity index (χ1) is 11.7. The molecule has 116 valence electrons. The molecule has 0 fully saturated rings. The predicted octanol–water partition coefficient (Wildman–Crippen LogP) is 4.89. The first-order valence-corrected chi connectivity index (χ1v) is 7.94.